The molecule has 3 heterocycles. The average molecular weight is 658 g/mol. The highest BCUT2D eigenvalue weighted by molar-refractivity contribution is 7.25. The van der Waals surface area contributed by atoms with Crippen molar-refractivity contribution in [2.24, 2.45) is 0 Å². The van der Waals surface area contributed by atoms with Gasteiger partial charge >= 0.3 is 0 Å². The third kappa shape index (κ3) is 4.87. The second kappa shape index (κ2) is 11.6. The first-order valence-corrected chi connectivity index (χ1v) is 17.4. The van der Waals surface area contributed by atoms with Crippen molar-refractivity contribution in [2.45, 2.75) is 0 Å². The summed E-state index contributed by atoms with van der Waals surface area (Å²) < 4.78 is 8.94. The van der Waals surface area contributed by atoms with E-state index in [4.69, 9.17) is 19.4 Å². The molecule has 0 N–H and O–H groups in total. The highest BCUT2D eigenvalue weighted by Crippen LogP contribution is 2.39. The molecule has 0 fully saturated rings. The Kier molecular flexibility index (Phi) is 6.64. The summed E-state index contributed by atoms with van der Waals surface area (Å²) in [5.41, 5.74) is 9.01. The van der Waals surface area contributed by atoms with Gasteiger partial charge in [0.25, 0.3) is 0 Å². The molecule has 0 aliphatic rings. The lowest BCUT2D eigenvalue weighted by molar-refractivity contribution is 0.669. The van der Waals surface area contributed by atoms with Gasteiger partial charge in [-0.25, -0.2) is 15.0 Å². The Balaban J connectivity index is 1.13. The summed E-state index contributed by atoms with van der Waals surface area (Å²) in [7, 11) is 0. The Hall–Kier alpha value is -6.43. The molecule has 7 aromatic carbocycles. The van der Waals surface area contributed by atoms with Crippen molar-refractivity contribution in [3.63, 3.8) is 0 Å². The zero-order valence-electron chi connectivity index (χ0n) is 26.7. The first-order chi connectivity index (χ1) is 24.7. The second-order valence-corrected chi connectivity index (χ2v) is 13.5. The molecule has 234 valence electrons. The van der Waals surface area contributed by atoms with Crippen molar-refractivity contribution in [1.29, 1.82) is 0 Å². The van der Waals surface area contributed by atoms with Crippen LogP contribution < -0.4 is 0 Å². The van der Waals surface area contributed by atoms with E-state index >= 15 is 0 Å². The van der Waals surface area contributed by atoms with Crippen LogP contribution in [0.25, 0.3) is 98.5 Å². The molecule has 50 heavy (non-hydrogen) atoms. The van der Waals surface area contributed by atoms with Gasteiger partial charge in [0.2, 0.25) is 0 Å². The van der Waals surface area contributed by atoms with Gasteiger partial charge in [-0.3, -0.25) is 0 Å². The van der Waals surface area contributed by atoms with E-state index < -0.39 is 0 Å². The Morgan fingerprint density at radius 3 is 1.68 bits per heavy atom. The van der Waals surface area contributed by atoms with Gasteiger partial charge < -0.3 is 4.42 Å². The van der Waals surface area contributed by atoms with Crippen molar-refractivity contribution in [2.75, 3.05) is 0 Å². The fraction of sp³-hybridized carbons (Fsp3) is 0. The van der Waals surface area contributed by atoms with Gasteiger partial charge in [-0.15, -0.1) is 11.3 Å². The van der Waals surface area contributed by atoms with Gasteiger partial charge in [-0.2, -0.15) is 0 Å². The predicted molar refractivity (Wildman–Crippen MR) is 207 cm³/mol. The molecule has 0 spiro atoms. The van der Waals surface area contributed by atoms with Gasteiger partial charge in [0.15, 0.2) is 17.5 Å². The van der Waals surface area contributed by atoms with Crippen LogP contribution in [0.5, 0.6) is 0 Å². The van der Waals surface area contributed by atoms with Crippen LogP contribution in [0, 0.1) is 0 Å². The summed E-state index contributed by atoms with van der Waals surface area (Å²) >= 11 is 1.79. The number of rotatable bonds is 5. The lowest BCUT2D eigenvalue weighted by Crippen LogP contribution is -2.00. The third-order valence-corrected chi connectivity index (χ3v) is 10.5. The molecule has 10 aromatic rings. The molecule has 0 radical (unpaired) electrons. The van der Waals surface area contributed by atoms with E-state index in [0.717, 1.165) is 55.3 Å². The number of fused-ring (bicyclic) bond motifs is 6. The monoisotopic (exact) mass is 657 g/mol. The molecule has 5 heteroatoms. The summed E-state index contributed by atoms with van der Waals surface area (Å²) in [6, 6.07) is 56.8. The first kappa shape index (κ1) is 28.6. The predicted octanol–water partition coefficient (Wildman–Crippen LogP) is 12.5. The van der Waals surface area contributed by atoms with Crippen LogP contribution in [0.1, 0.15) is 0 Å². The van der Waals surface area contributed by atoms with E-state index in [1.165, 1.54) is 25.7 Å². The van der Waals surface area contributed by atoms with Gasteiger partial charge in [-0.1, -0.05) is 133 Å². The average Bonchev–Trinajstić information content (AvgIpc) is 3.76. The van der Waals surface area contributed by atoms with Gasteiger partial charge in [0, 0.05) is 47.6 Å². The van der Waals surface area contributed by atoms with Gasteiger partial charge in [0.05, 0.1) is 0 Å². The standard InChI is InChI=1S/C45H27N3OS/c1-3-10-28(11-4-1)29-18-20-31(21-19-29)43-46-44(48-45(47-43)33-22-24-36-35-14-7-8-17-40(35)50-41(36)27-33)32-23-25-37-39(26-32)49-38-16-9-15-34(42(37)38)30-12-5-2-6-13-30/h1-27H. The van der Waals surface area contributed by atoms with Crippen LogP contribution >= 0.6 is 11.3 Å². The zero-order valence-corrected chi connectivity index (χ0v) is 27.6. The minimum Gasteiger partial charge on any atom is -0.456 e. The summed E-state index contributed by atoms with van der Waals surface area (Å²) in [5, 5.41) is 4.67. The van der Waals surface area contributed by atoms with Crippen molar-refractivity contribution in [3.8, 4) is 56.4 Å². The van der Waals surface area contributed by atoms with E-state index in [1.54, 1.807) is 11.3 Å². The number of hydrogen-bond donors (Lipinski definition) is 0. The summed E-state index contributed by atoms with van der Waals surface area (Å²) in [6.45, 7) is 0. The molecule has 10 rings (SSSR count). The number of benzene rings is 7. The van der Waals surface area contributed by atoms with Crippen LogP contribution in [0.3, 0.4) is 0 Å². The lowest BCUT2D eigenvalue weighted by Gasteiger charge is -2.09. The van der Waals surface area contributed by atoms with Crippen molar-refractivity contribution >= 4 is 53.4 Å². The van der Waals surface area contributed by atoms with Crippen LogP contribution in [0.2, 0.25) is 0 Å². The maximum atomic E-state index is 6.47. The summed E-state index contributed by atoms with van der Waals surface area (Å²) in [6.07, 6.45) is 0. The van der Waals surface area contributed by atoms with Gasteiger partial charge in [-0.05, 0) is 52.6 Å². The Morgan fingerprint density at radius 2 is 0.920 bits per heavy atom. The minimum absolute atomic E-state index is 0.596. The topological polar surface area (TPSA) is 51.8 Å². The van der Waals surface area contributed by atoms with E-state index in [0.29, 0.717) is 17.5 Å². The second-order valence-electron chi connectivity index (χ2n) is 12.4. The fourth-order valence-corrected chi connectivity index (χ4v) is 8.04. The van der Waals surface area contributed by atoms with E-state index in [9.17, 15) is 0 Å². The largest absolute Gasteiger partial charge is 0.456 e. The van der Waals surface area contributed by atoms with Crippen molar-refractivity contribution in [1.82, 2.24) is 15.0 Å². The van der Waals surface area contributed by atoms with Crippen LogP contribution in [-0.2, 0) is 0 Å². The Morgan fingerprint density at radius 1 is 0.360 bits per heavy atom. The fourth-order valence-electron chi connectivity index (χ4n) is 6.89. The normalized spacial score (nSPS) is 11.6. The minimum atomic E-state index is 0.596. The Bertz CT molecular complexity index is 2860. The van der Waals surface area contributed by atoms with E-state index in [1.807, 2.05) is 18.2 Å². The molecule has 0 bridgehead atoms. The number of aromatic nitrogens is 3. The molecule has 4 nitrogen and oxygen atoms in total. The summed E-state index contributed by atoms with van der Waals surface area (Å²) in [4.78, 5) is 15.2. The molecule has 0 aliphatic heterocycles. The number of nitrogens with zero attached hydrogens (tertiary/aromatic N) is 3. The van der Waals surface area contributed by atoms with Crippen LogP contribution in [0.15, 0.2) is 168 Å². The van der Waals surface area contributed by atoms with Crippen LogP contribution in [-0.4, -0.2) is 15.0 Å². The maximum Gasteiger partial charge on any atom is 0.164 e. The molecule has 0 amide bonds. The van der Waals surface area contributed by atoms with Gasteiger partial charge in [0.1, 0.15) is 11.2 Å². The molecule has 3 aromatic heterocycles. The molecular formula is C45H27N3OS. The number of furan rings is 1. The molecule has 0 aliphatic carbocycles. The Labute approximate surface area is 292 Å². The molecule has 0 unspecified atom stereocenters. The molecule has 0 saturated heterocycles. The first-order valence-electron chi connectivity index (χ1n) is 16.6. The van der Waals surface area contributed by atoms with Crippen LogP contribution in [0.4, 0.5) is 0 Å². The summed E-state index contributed by atoms with van der Waals surface area (Å²) in [5.74, 6) is 1.85. The van der Waals surface area contributed by atoms with Crippen molar-refractivity contribution < 1.29 is 4.42 Å². The quantitative estimate of drug-likeness (QED) is 0.185. The van der Waals surface area contributed by atoms with Crippen molar-refractivity contribution in [3.05, 3.63) is 164 Å². The highest BCUT2D eigenvalue weighted by atomic mass is 32.1. The molecular weight excluding hydrogens is 631 g/mol. The van der Waals surface area contributed by atoms with E-state index in [2.05, 4.69) is 146 Å². The number of thiophene rings is 1. The van der Waals surface area contributed by atoms with E-state index in [-0.39, 0.29) is 0 Å². The third-order valence-electron chi connectivity index (χ3n) is 9.36. The lowest BCUT2D eigenvalue weighted by atomic mass is 9.99. The molecule has 0 atom stereocenters. The number of hydrogen-bond acceptors (Lipinski definition) is 5. The molecule has 0 saturated carbocycles. The highest BCUT2D eigenvalue weighted by Gasteiger charge is 2.17. The maximum absolute atomic E-state index is 6.47. The zero-order chi connectivity index (χ0) is 33.0. The SMILES string of the molecule is c1ccc(-c2ccc(-c3nc(-c4ccc5c(c4)oc4cccc(-c6ccccc6)c45)nc(-c4ccc5c(c4)sc4ccccc45)n3)cc2)cc1. The smallest absolute Gasteiger partial charge is 0.164 e.